The summed E-state index contributed by atoms with van der Waals surface area (Å²) in [6.45, 7) is 12.9. The number of hydrogen-bond donors (Lipinski definition) is 2. The number of carbonyl (C=O) groups excluding carboxylic acids is 1. The molecule has 0 saturated carbocycles. The number of benzene rings is 1. The molecule has 0 radical (unpaired) electrons. The molecule has 0 saturated heterocycles. The molecule has 4 heteroatoms. The number of rotatable bonds is 3. The van der Waals surface area contributed by atoms with Crippen LogP contribution < -0.4 is 10.9 Å². The highest BCUT2D eigenvalue weighted by molar-refractivity contribution is 5.92. The topological polar surface area (TPSA) is 66.6 Å². The number of phenols is 1. The van der Waals surface area contributed by atoms with Crippen LogP contribution in [0.15, 0.2) is 24.3 Å². The molecule has 0 bridgehead atoms. The monoisotopic (exact) mass is 292 g/mol. The summed E-state index contributed by atoms with van der Waals surface area (Å²) in [4.78, 5) is 12.5. The summed E-state index contributed by atoms with van der Waals surface area (Å²) in [6.07, 6.45) is 0.393. The zero-order valence-corrected chi connectivity index (χ0v) is 14.0. The van der Waals surface area contributed by atoms with Crippen LogP contribution in [-0.4, -0.2) is 11.0 Å². The van der Waals surface area contributed by atoms with Crippen LogP contribution in [-0.2, 0) is 4.79 Å². The lowest BCUT2D eigenvalue weighted by molar-refractivity contribution is -0.121. The molecule has 0 heterocycles. The third-order valence-electron chi connectivity index (χ3n) is 3.87. The van der Waals surface area contributed by atoms with Crippen molar-refractivity contribution in [3.63, 3.8) is 0 Å². The average molecular weight is 292 g/mol. The lowest BCUT2D eigenvalue weighted by Crippen LogP contribution is -2.42. The SMILES string of the molecule is CC(C)(C)C(CC(=O)N(N)c1ccc(O)cc1)C(C)(C)C. The van der Waals surface area contributed by atoms with Gasteiger partial charge >= 0.3 is 0 Å². The van der Waals surface area contributed by atoms with Gasteiger partial charge in [0.15, 0.2) is 0 Å². The summed E-state index contributed by atoms with van der Waals surface area (Å²) in [5.41, 5.74) is 0.618. The van der Waals surface area contributed by atoms with Crippen molar-refractivity contribution in [2.24, 2.45) is 22.6 Å². The number of nitrogens with zero attached hydrogens (tertiary/aromatic N) is 1. The van der Waals surface area contributed by atoms with Crippen LogP contribution in [0, 0.1) is 16.7 Å². The smallest absolute Gasteiger partial charge is 0.241 e. The fraction of sp³-hybridized carbons (Fsp3) is 0.588. The largest absolute Gasteiger partial charge is 0.508 e. The van der Waals surface area contributed by atoms with Crippen LogP contribution in [0.4, 0.5) is 5.69 Å². The van der Waals surface area contributed by atoms with Crippen LogP contribution in [0.3, 0.4) is 0 Å². The van der Waals surface area contributed by atoms with Crippen molar-refractivity contribution in [2.45, 2.75) is 48.0 Å². The molecule has 1 aromatic carbocycles. The Morgan fingerprint density at radius 1 is 1.10 bits per heavy atom. The second-order valence-electron chi connectivity index (χ2n) is 7.77. The van der Waals surface area contributed by atoms with Crippen LogP contribution in [0.5, 0.6) is 5.75 Å². The fourth-order valence-corrected chi connectivity index (χ4v) is 2.94. The highest BCUT2D eigenvalue weighted by Crippen LogP contribution is 2.42. The van der Waals surface area contributed by atoms with Crippen LogP contribution >= 0.6 is 0 Å². The van der Waals surface area contributed by atoms with Gasteiger partial charge in [-0.05, 0) is 41.0 Å². The predicted octanol–water partition coefficient (Wildman–Crippen LogP) is 3.70. The lowest BCUT2D eigenvalue weighted by Gasteiger charge is -2.41. The zero-order chi connectivity index (χ0) is 16.4. The molecule has 0 spiro atoms. The minimum absolute atomic E-state index is 0.0176. The summed E-state index contributed by atoms with van der Waals surface area (Å²) in [6, 6.07) is 6.31. The first-order valence-corrected chi connectivity index (χ1v) is 7.29. The summed E-state index contributed by atoms with van der Waals surface area (Å²) in [5.74, 6) is 6.17. The molecule has 0 aromatic heterocycles. The quantitative estimate of drug-likeness (QED) is 0.507. The highest BCUT2D eigenvalue weighted by atomic mass is 16.3. The van der Waals surface area contributed by atoms with Gasteiger partial charge in [-0.2, -0.15) is 0 Å². The van der Waals surface area contributed by atoms with E-state index < -0.39 is 0 Å². The van der Waals surface area contributed by atoms with Gasteiger partial charge in [0.2, 0.25) is 5.91 Å². The Balaban J connectivity index is 2.90. The second-order valence-corrected chi connectivity index (χ2v) is 7.77. The van der Waals surface area contributed by atoms with Gasteiger partial charge in [-0.25, -0.2) is 10.9 Å². The maximum Gasteiger partial charge on any atom is 0.241 e. The van der Waals surface area contributed by atoms with Gasteiger partial charge in [-0.15, -0.1) is 0 Å². The lowest BCUT2D eigenvalue weighted by atomic mass is 9.65. The first kappa shape index (κ1) is 17.5. The van der Waals surface area contributed by atoms with E-state index in [1.165, 1.54) is 17.1 Å². The molecule has 0 aliphatic carbocycles. The number of anilines is 1. The molecule has 0 atom stereocenters. The van der Waals surface area contributed by atoms with E-state index in [0.717, 1.165) is 0 Å². The first-order chi connectivity index (χ1) is 9.43. The highest BCUT2D eigenvalue weighted by Gasteiger charge is 2.37. The number of aromatic hydroxyl groups is 1. The number of phenolic OH excluding ortho intramolecular Hbond substituents is 1. The van der Waals surface area contributed by atoms with Gasteiger partial charge in [-0.1, -0.05) is 41.5 Å². The normalized spacial score (nSPS) is 12.6. The minimum Gasteiger partial charge on any atom is -0.508 e. The molecule has 1 aromatic rings. The van der Waals surface area contributed by atoms with E-state index in [1.54, 1.807) is 12.1 Å². The zero-order valence-electron chi connectivity index (χ0n) is 14.0. The molecule has 21 heavy (non-hydrogen) atoms. The van der Waals surface area contributed by atoms with E-state index >= 15 is 0 Å². The molecule has 0 fully saturated rings. The Kier molecular flexibility index (Phi) is 5.05. The second kappa shape index (κ2) is 6.06. The third-order valence-corrected chi connectivity index (χ3v) is 3.87. The molecule has 1 rings (SSSR count). The molecule has 3 N–H and O–H groups in total. The third kappa shape index (κ3) is 4.74. The van der Waals surface area contributed by atoms with E-state index in [1.807, 2.05) is 0 Å². The Hall–Kier alpha value is -1.55. The number of carbonyl (C=O) groups is 1. The molecular formula is C17H28N2O2. The number of hydrazine groups is 1. The number of amides is 1. The van der Waals surface area contributed by atoms with Crippen molar-refractivity contribution >= 4 is 11.6 Å². The van der Waals surface area contributed by atoms with Crippen molar-refractivity contribution in [3.05, 3.63) is 24.3 Å². The van der Waals surface area contributed by atoms with Crippen LogP contribution in [0.1, 0.15) is 48.0 Å². The van der Waals surface area contributed by atoms with Crippen molar-refractivity contribution in [2.75, 3.05) is 5.01 Å². The fourth-order valence-electron chi connectivity index (χ4n) is 2.94. The van der Waals surface area contributed by atoms with E-state index in [0.29, 0.717) is 12.1 Å². The molecule has 0 unspecified atom stereocenters. The van der Waals surface area contributed by atoms with Gasteiger partial charge in [-0.3, -0.25) is 4.79 Å². The van der Waals surface area contributed by atoms with E-state index in [-0.39, 0.29) is 28.4 Å². The molecule has 4 nitrogen and oxygen atoms in total. The Morgan fingerprint density at radius 2 is 1.52 bits per heavy atom. The van der Waals surface area contributed by atoms with Gasteiger partial charge in [0.05, 0.1) is 5.69 Å². The van der Waals surface area contributed by atoms with Gasteiger partial charge in [0.25, 0.3) is 0 Å². The molecule has 118 valence electrons. The van der Waals surface area contributed by atoms with Gasteiger partial charge in [0, 0.05) is 6.42 Å². The average Bonchev–Trinajstić information content (AvgIpc) is 2.33. The number of nitrogens with two attached hydrogens (primary N) is 1. The van der Waals surface area contributed by atoms with Gasteiger partial charge < -0.3 is 5.11 Å². The van der Waals surface area contributed by atoms with Crippen molar-refractivity contribution in [3.8, 4) is 5.75 Å². The predicted molar refractivity (Wildman–Crippen MR) is 86.8 cm³/mol. The van der Waals surface area contributed by atoms with Crippen LogP contribution in [0.25, 0.3) is 0 Å². The van der Waals surface area contributed by atoms with Crippen molar-refractivity contribution in [1.29, 1.82) is 0 Å². The Bertz CT molecular complexity index is 467. The molecular weight excluding hydrogens is 264 g/mol. The standard InChI is InChI=1S/C17H28N2O2/c1-16(2,3)14(17(4,5)6)11-15(21)19(18)12-7-9-13(20)10-8-12/h7-10,14,20H,11,18H2,1-6H3. The summed E-state index contributed by atoms with van der Waals surface area (Å²) >= 11 is 0. The van der Waals surface area contributed by atoms with E-state index in [4.69, 9.17) is 5.84 Å². The van der Waals surface area contributed by atoms with Crippen molar-refractivity contribution < 1.29 is 9.90 Å². The molecule has 0 aliphatic heterocycles. The maximum atomic E-state index is 12.5. The minimum atomic E-state index is -0.115. The summed E-state index contributed by atoms with van der Waals surface area (Å²) in [5, 5.41) is 10.5. The Morgan fingerprint density at radius 3 is 1.90 bits per heavy atom. The van der Waals surface area contributed by atoms with Crippen LogP contribution in [0.2, 0.25) is 0 Å². The summed E-state index contributed by atoms with van der Waals surface area (Å²) in [7, 11) is 0. The van der Waals surface area contributed by atoms with E-state index in [9.17, 15) is 9.90 Å². The van der Waals surface area contributed by atoms with E-state index in [2.05, 4.69) is 41.5 Å². The van der Waals surface area contributed by atoms with Gasteiger partial charge in [0.1, 0.15) is 5.75 Å². The first-order valence-electron chi connectivity index (χ1n) is 7.29. The maximum absolute atomic E-state index is 12.5. The summed E-state index contributed by atoms with van der Waals surface area (Å²) < 4.78 is 0. The van der Waals surface area contributed by atoms with Crippen molar-refractivity contribution in [1.82, 2.24) is 0 Å². The Labute approximate surface area is 127 Å². The molecule has 0 aliphatic rings. The molecule has 1 amide bonds. The number of hydrogen-bond acceptors (Lipinski definition) is 3.